The molecule has 6 rings (SSSR count). The van der Waals surface area contributed by atoms with Gasteiger partial charge in [-0.3, -0.25) is 0 Å². The van der Waals surface area contributed by atoms with Crippen LogP contribution in [0.4, 0.5) is 0 Å². The largest absolute Gasteiger partial charge is 0.504 e. The minimum atomic E-state index is -4.81. The lowest BCUT2D eigenvalue weighted by atomic mass is 10.0. The zero-order chi connectivity index (χ0) is 38.3. The van der Waals surface area contributed by atoms with E-state index < -0.39 is 45.9 Å². The van der Waals surface area contributed by atoms with Gasteiger partial charge in [0.2, 0.25) is 0 Å². The van der Waals surface area contributed by atoms with E-state index >= 15 is 0 Å². The Balaban J connectivity index is 1.57. The molecule has 0 amide bonds. The van der Waals surface area contributed by atoms with Gasteiger partial charge in [0.1, 0.15) is 14.7 Å². The van der Waals surface area contributed by atoms with Crippen molar-refractivity contribution in [3.05, 3.63) is 97.1 Å². The van der Waals surface area contributed by atoms with Crippen LogP contribution in [0.2, 0.25) is 0 Å². The summed E-state index contributed by atoms with van der Waals surface area (Å²) in [6.07, 6.45) is 0. The summed E-state index contributed by atoms with van der Waals surface area (Å²) < 4.78 is 114. The first-order valence-corrected chi connectivity index (χ1v) is 19.2. The Morgan fingerprint density at radius 2 is 0.849 bits per heavy atom. The first-order chi connectivity index (χ1) is 25.1. The number of hydrogen-bond acceptors (Lipinski definition) is 15. The maximum Gasteiger partial charge on any atom is 0.339 e. The van der Waals surface area contributed by atoms with Crippen molar-refractivity contribution >= 4 is 51.9 Å². The van der Waals surface area contributed by atoms with Crippen molar-refractivity contribution in [2.75, 3.05) is 21.3 Å². The van der Waals surface area contributed by atoms with E-state index in [4.69, 9.17) is 26.8 Å². The maximum absolute atomic E-state index is 13.9. The zero-order valence-corrected chi connectivity index (χ0v) is 30.2. The van der Waals surface area contributed by atoms with E-state index in [2.05, 4.69) is 0 Å². The fraction of sp³-hybridized carbons (Fsp3) is 0.0857. The molecule has 3 N–H and O–H groups in total. The van der Waals surface area contributed by atoms with Gasteiger partial charge < -0.3 is 42.1 Å². The highest BCUT2D eigenvalue weighted by Crippen LogP contribution is 2.45. The molecule has 6 aromatic rings. The van der Waals surface area contributed by atoms with Crippen LogP contribution >= 0.6 is 0 Å². The van der Waals surface area contributed by atoms with Crippen LogP contribution in [0.5, 0.6) is 51.7 Å². The van der Waals surface area contributed by atoms with Gasteiger partial charge in [-0.05, 0) is 60.0 Å². The smallest absolute Gasteiger partial charge is 0.339 e. The van der Waals surface area contributed by atoms with Crippen molar-refractivity contribution in [2.24, 2.45) is 0 Å². The van der Waals surface area contributed by atoms with Crippen LogP contribution in [0.15, 0.2) is 112 Å². The number of benzene rings is 6. The molecule has 0 radical (unpaired) electrons. The van der Waals surface area contributed by atoms with Crippen LogP contribution in [-0.4, -0.2) is 61.9 Å². The number of aromatic hydroxyl groups is 3. The Bertz CT molecular complexity index is 2750. The summed E-state index contributed by atoms with van der Waals surface area (Å²) in [5, 5.41) is 30.0. The molecule has 0 aliphatic heterocycles. The van der Waals surface area contributed by atoms with Gasteiger partial charge in [0, 0.05) is 29.0 Å². The first-order valence-electron chi connectivity index (χ1n) is 15.0. The van der Waals surface area contributed by atoms with E-state index in [-0.39, 0.29) is 72.4 Å². The van der Waals surface area contributed by atoms with Crippen LogP contribution in [0.3, 0.4) is 0 Å². The fourth-order valence-electron chi connectivity index (χ4n) is 5.25. The molecule has 276 valence electrons. The summed E-state index contributed by atoms with van der Waals surface area (Å²) in [7, 11) is -10.4. The summed E-state index contributed by atoms with van der Waals surface area (Å²) in [5.41, 5.74) is 0. The molecule has 15 nitrogen and oxygen atoms in total. The van der Waals surface area contributed by atoms with Crippen molar-refractivity contribution in [1.82, 2.24) is 0 Å². The Hall–Kier alpha value is -6.11. The van der Waals surface area contributed by atoms with Crippen molar-refractivity contribution in [1.29, 1.82) is 0 Å². The minimum absolute atomic E-state index is 0.0195. The number of ether oxygens (including phenoxy) is 3. The summed E-state index contributed by atoms with van der Waals surface area (Å²) >= 11 is 0. The van der Waals surface area contributed by atoms with Crippen molar-refractivity contribution in [2.45, 2.75) is 14.7 Å². The lowest BCUT2D eigenvalue weighted by molar-refractivity contribution is 0.371. The Kier molecular flexibility index (Phi) is 9.54. The third-order valence-electron chi connectivity index (χ3n) is 7.81. The first kappa shape index (κ1) is 36.7. The molecule has 53 heavy (non-hydrogen) atoms. The molecule has 0 aromatic heterocycles. The molecule has 0 aliphatic carbocycles. The molecule has 0 heterocycles. The molecule has 0 saturated carbocycles. The van der Waals surface area contributed by atoms with E-state index in [1.807, 2.05) is 0 Å². The predicted octanol–water partition coefficient (Wildman–Crippen LogP) is 5.44. The molecule has 0 fully saturated rings. The van der Waals surface area contributed by atoms with Gasteiger partial charge in [-0.15, -0.1) is 0 Å². The van der Waals surface area contributed by atoms with Gasteiger partial charge in [-0.25, -0.2) is 0 Å². The molecule has 18 heteroatoms. The zero-order valence-electron chi connectivity index (χ0n) is 27.7. The molecular formula is C35H28O15S3. The van der Waals surface area contributed by atoms with Crippen LogP contribution < -0.4 is 26.8 Å². The van der Waals surface area contributed by atoms with Gasteiger partial charge in [0.05, 0.1) is 26.7 Å². The molecule has 0 unspecified atom stereocenters. The van der Waals surface area contributed by atoms with Crippen LogP contribution in [0.1, 0.15) is 0 Å². The lowest BCUT2D eigenvalue weighted by Crippen LogP contribution is -2.13. The molecule has 0 bridgehead atoms. The van der Waals surface area contributed by atoms with Crippen LogP contribution in [0, 0.1) is 0 Å². The topological polar surface area (TPSA) is 218 Å². The third kappa shape index (κ3) is 7.06. The van der Waals surface area contributed by atoms with Gasteiger partial charge in [-0.2, -0.15) is 25.3 Å². The minimum Gasteiger partial charge on any atom is -0.504 e. The van der Waals surface area contributed by atoms with E-state index in [1.54, 1.807) is 0 Å². The molecule has 0 aliphatic rings. The quantitative estimate of drug-likeness (QED) is 0.104. The van der Waals surface area contributed by atoms with Gasteiger partial charge in [0.15, 0.2) is 51.7 Å². The van der Waals surface area contributed by atoms with Crippen molar-refractivity contribution in [3.8, 4) is 51.7 Å². The van der Waals surface area contributed by atoms with Gasteiger partial charge in [-0.1, -0.05) is 24.3 Å². The number of phenols is 3. The highest BCUT2D eigenvalue weighted by molar-refractivity contribution is 7.87. The highest BCUT2D eigenvalue weighted by atomic mass is 32.2. The standard InChI is InChI=1S/C35H28O15S3/c1-45-31-17-21(10-13-26(31)36)51(39,40)48-29-8-5-7-24-25(29)16-20-6-4-9-30(49-52(41,42)22-11-14-27(37)32(18-22)46-2)34(20)35(24)50-53(43,44)23-12-15-28(38)33(19-23)47-3/h4-19,36-38H,1-3H3. The number of rotatable bonds is 12. The van der Waals surface area contributed by atoms with E-state index in [9.17, 15) is 40.6 Å². The fourth-order valence-corrected chi connectivity index (χ4v) is 8.15. The number of phenolic OH excluding ortho intramolecular Hbond substituents is 3. The van der Waals surface area contributed by atoms with Crippen LogP contribution in [0.25, 0.3) is 21.5 Å². The molecule has 0 saturated heterocycles. The third-order valence-corrected chi connectivity index (χ3v) is 11.5. The monoisotopic (exact) mass is 784 g/mol. The van der Waals surface area contributed by atoms with Crippen LogP contribution in [-0.2, 0) is 30.4 Å². The average Bonchev–Trinajstić information content (AvgIpc) is 3.11. The average molecular weight is 785 g/mol. The molecular weight excluding hydrogens is 757 g/mol. The predicted molar refractivity (Wildman–Crippen MR) is 189 cm³/mol. The maximum atomic E-state index is 13.9. The number of methoxy groups -OCH3 is 3. The van der Waals surface area contributed by atoms with Gasteiger partial charge in [0.25, 0.3) is 0 Å². The van der Waals surface area contributed by atoms with E-state index in [0.717, 1.165) is 54.6 Å². The van der Waals surface area contributed by atoms with Gasteiger partial charge >= 0.3 is 30.4 Å². The molecule has 0 spiro atoms. The number of fused-ring (bicyclic) bond motifs is 2. The Morgan fingerprint density at radius 3 is 1.32 bits per heavy atom. The molecule has 6 aromatic carbocycles. The molecule has 0 atom stereocenters. The van der Waals surface area contributed by atoms with E-state index in [0.29, 0.717) is 0 Å². The highest BCUT2D eigenvalue weighted by Gasteiger charge is 2.28. The Morgan fingerprint density at radius 1 is 0.434 bits per heavy atom. The summed E-state index contributed by atoms with van der Waals surface area (Å²) in [6.45, 7) is 0. The van der Waals surface area contributed by atoms with Crippen molar-refractivity contribution < 1.29 is 67.3 Å². The summed E-state index contributed by atoms with van der Waals surface area (Å²) in [5.74, 6) is -2.65. The second-order valence-corrected chi connectivity index (χ2v) is 15.7. The summed E-state index contributed by atoms with van der Waals surface area (Å²) in [4.78, 5) is -1.25. The second kappa shape index (κ2) is 13.8. The van der Waals surface area contributed by atoms with Crippen molar-refractivity contribution in [3.63, 3.8) is 0 Å². The lowest BCUT2D eigenvalue weighted by Gasteiger charge is -2.18. The summed E-state index contributed by atoms with van der Waals surface area (Å²) in [6, 6.07) is 19.1. The van der Waals surface area contributed by atoms with E-state index in [1.165, 1.54) is 63.8 Å². The SMILES string of the molecule is COc1cc(S(=O)(=O)Oc2cccc3c(OS(=O)(=O)c4ccc(O)c(OC)c4)c4c(OS(=O)(=O)c5ccc(O)c(OC)c5)cccc4cc23)ccc1O. The second-order valence-electron chi connectivity index (χ2n) is 11.0. The number of hydrogen-bond donors (Lipinski definition) is 3. The normalized spacial score (nSPS) is 12.0. The Labute approximate surface area is 303 Å².